The molecule has 3 unspecified atom stereocenters. The van der Waals surface area contributed by atoms with Gasteiger partial charge in [0.2, 0.25) is 0 Å². The summed E-state index contributed by atoms with van der Waals surface area (Å²) in [5.74, 6) is 0. The second-order valence-corrected chi connectivity index (χ2v) is 3.81. The molecule has 1 rings (SSSR count). The van der Waals surface area contributed by atoms with Crippen molar-refractivity contribution in [2.24, 2.45) is 5.73 Å². The summed E-state index contributed by atoms with van der Waals surface area (Å²) in [7, 11) is 1.90. The Bertz CT molecular complexity index is 147. The number of nitrogens with two attached hydrogens (primary N) is 1. The first-order valence-electron chi connectivity index (χ1n) is 4.63. The van der Waals surface area contributed by atoms with E-state index in [4.69, 9.17) is 22.1 Å². The van der Waals surface area contributed by atoms with Gasteiger partial charge in [0.1, 0.15) is 0 Å². The van der Waals surface area contributed by atoms with Crippen molar-refractivity contribution in [1.29, 1.82) is 0 Å². The monoisotopic (exact) mass is 207 g/mol. The summed E-state index contributed by atoms with van der Waals surface area (Å²) in [5.41, 5.74) is 5.86. The van der Waals surface area contributed by atoms with E-state index < -0.39 is 0 Å². The topological polar surface area (TPSA) is 59.3 Å². The summed E-state index contributed by atoms with van der Waals surface area (Å²) < 4.78 is 5.59. The van der Waals surface area contributed by atoms with Gasteiger partial charge in [0, 0.05) is 25.6 Å². The van der Waals surface area contributed by atoms with E-state index in [9.17, 15) is 0 Å². The number of piperidine rings is 1. The van der Waals surface area contributed by atoms with Gasteiger partial charge in [-0.25, -0.2) is 0 Å². The number of hydrogen-bond acceptors (Lipinski definition) is 4. The van der Waals surface area contributed by atoms with Crippen LogP contribution in [0.1, 0.15) is 6.42 Å². The molecule has 78 valence electrons. The highest BCUT2D eigenvalue weighted by atomic mass is 35.5. The highest BCUT2D eigenvalue weighted by molar-refractivity contribution is 6.20. The molecular formula is C8H18ClN3O. The molecule has 0 radical (unpaired) electrons. The number of likely N-dealkylation sites (N-methyl/N-ethyl adjacent to an activating group) is 1. The quantitative estimate of drug-likeness (QED) is 0.330. The summed E-state index contributed by atoms with van der Waals surface area (Å²) in [5, 5.41) is 6.12. The van der Waals surface area contributed by atoms with E-state index in [0.29, 0.717) is 6.61 Å². The molecule has 13 heavy (non-hydrogen) atoms. The van der Waals surface area contributed by atoms with Crippen LogP contribution in [0, 0.1) is 0 Å². The Hall–Kier alpha value is 0.130. The zero-order chi connectivity index (χ0) is 9.68. The van der Waals surface area contributed by atoms with Gasteiger partial charge in [-0.1, -0.05) is 0 Å². The summed E-state index contributed by atoms with van der Waals surface area (Å²) in [6, 6.07) is 0.0619. The summed E-state index contributed by atoms with van der Waals surface area (Å²) >= 11 is 5.93. The second kappa shape index (κ2) is 5.78. The smallest absolute Gasteiger partial charge is 0.0851 e. The largest absolute Gasteiger partial charge is 0.375 e. The molecule has 1 heterocycles. The van der Waals surface area contributed by atoms with Crippen molar-refractivity contribution in [2.75, 3.05) is 26.7 Å². The van der Waals surface area contributed by atoms with Gasteiger partial charge in [-0.15, -0.1) is 11.6 Å². The normalized spacial score (nSPS) is 34.8. The lowest BCUT2D eigenvalue weighted by Crippen LogP contribution is -2.53. The van der Waals surface area contributed by atoms with Crippen LogP contribution in [0.3, 0.4) is 0 Å². The minimum atomic E-state index is -0.000569. The minimum absolute atomic E-state index is 0.000569. The van der Waals surface area contributed by atoms with Crippen molar-refractivity contribution in [3.63, 3.8) is 0 Å². The molecular weight excluding hydrogens is 190 g/mol. The molecule has 0 aromatic rings. The molecule has 1 saturated heterocycles. The van der Waals surface area contributed by atoms with Gasteiger partial charge >= 0.3 is 0 Å². The van der Waals surface area contributed by atoms with Crippen LogP contribution in [0.25, 0.3) is 0 Å². The highest BCUT2D eigenvalue weighted by Crippen LogP contribution is 2.13. The SMILES string of the molecule is CNCCOC1CC(Cl)NCC1N. The number of nitrogens with one attached hydrogen (secondary N) is 2. The van der Waals surface area contributed by atoms with E-state index in [0.717, 1.165) is 19.5 Å². The Morgan fingerprint density at radius 3 is 3.15 bits per heavy atom. The lowest BCUT2D eigenvalue weighted by molar-refractivity contribution is 0.0189. The zero-order valence-corrected chi connectivity index (χ0v) is 8.68. The maximum atomic E-state index is 5.93. The van der Waals surface area contributed by atoms with Gasteiger partial charge in [-0.05, 0) is 7.05 Å². The standard InChI is InChI=1S/C8H18ClN3O/c1-11-2-3-13-7-4-8(9)12-5-6(7)10/h6-8,11-12H,2-5,10H2,1H3. The highest BCUT2D eigenvalue weighted by Gasteiger charge is 2.26. The number of alkyl halides is 1. The number of rotatable bonds is 4. The number of halogens is 1. The molecule has 3 atom stereocenters. The molecule has 0 aliphatic carbocycles. The molecule has 0 bridgehead atoms. The van der Waals surface area contributed by atoms with E-state index in [1.165, 1.54) is 0 Å². The molecule has 0 saturated carbocycles. The molecule has 0 spiro atoms. The van der Waals surface area contributed by atoms with Crippen molar-refractivity contribution in [3.8, 4) is 0 Å². The van der Waals surface area contributed by atoms with Gasteiger partial charge in [-0.3, -0.25) is 5.32 Å². The fraction of sp³-hybridized carbons (Fsp3) is 1.00. The Kier molecular flexibility index (Phi) is 4.98. The van der Waals surface area contributed by atoms with E-state index in [-0.39, 0.29) is 17.6 Å². The minimum Gasteiger partial charge on any atom is -0.375 e. The van der Waals surface area contributed by atoms with Crippen LogP contribution in [0.2, 0.25) is 0 Å². The van der Waals surface area contributed by atoms with Crippen molar-refractivity contribution < 1.29 is 4.74 Å². The predicted molar refractivity (Wildman–Crippen MR) is 53.9 cm³/mol. The van der Waals surface area contributed by atoms with Crippen LogP contribution in [-0.4, -0.2) is 44.4 Å². The third-order valence-corrected chi connectivity index (χ3v) is 2.51. The van der Waals surface area contributed by atoms with E-state index in [1.807, 2.05) is 7.05 Å². The Labute approximate surface area is 84.1 Å². The first-order chi connectivity index (χ1) is 6.24. The van der Waals surface area contributed by atoms with Crippen LogP contribution in [-0.2, 0) is 4.74 Å². The van der Waals surface area contributed by atoms with E-state index >= 15 is 0 Å². The molecule has 1 aliphatic heterocycles. The van der Waals surface area contributed by atoms with Gasteiger partial charge < -0.3 is 15.8 Å². The van der Waals surface area contributed by atoms with Crippen molar-refractivity contribution >= 4 is 11.6 Å². The Balaban J connectivity index is 2.21. The first kappa shape index (κ1) is 11.2. The molecule has 4 N–H and O–H groups in total. The van der Waals surface area contributed by atoms with E-state index in [2.05, 4.69) is 10.6 Å². The molecule has 5 heteroatoms. The van der Waals surface area contributed by atoms with Crippen molar-refractivity contribution in [3.05, 3.63) is 0 Å². The Morgan fingerprint density at radius 1 is 1.69 bits per heavy atom. The zero-order valence-electron chi connectivity index (χ0n) is 7.92. The van der Waals surface area contributed by atoms with Crippen LogP contribution in [0.5, 0.6) is 0 Å². The average molecular weight is 208 g/mol. The van der Waals surface area contributed by atoms with E-state index in [1.54, 1.807) is 0 Å². The van der Waals surface area contributed by atoms with Crippen LogP contribution in [0.15, 0.2) is 0 Å². The summed E-state index contributed by atoms with van der Waals surface area (Å²) in [4.78, 5) is 0. The molecule has 0 amide bonds. The predicted octanol–water partition coefficient (Wildman–Crippen LogP) is -0.523. The van der Waals surface area contributed by atoms with Gasteiger partial charge in [0.05, 0.1) is 18.2 Å². The van der Waals surface area contributed by atoms with Crippen LogP contribution < -0.4 is 16.4 Å². The number of ether oxygens (including phenoxy) is 1. The van der Waals surface area contributed by atoms with Crippen LogP contribution in [0.4, 0.5) is 0 Å². The van der Waals surface area contributed by atoms with Gasteiger partial charge in [0.15, 0.2) is 0 Å². The molecule has 0 aromatic carbocycles. The summed E-state index contributed by atoms with van der Waals surface area (Å²) in [6.45, 7) is 2.28. The fourth-order valence-corrected chi connectivity index (χ4v) is 1.63. The second-order valence-electron chi connectivity index (χ2n) is 3.29. The Morgan fingerprint density at radius 2 is 2.46 bits per heavy atom. The molecule has 0 aromatic heterocycles. The lowest BCUT2D eigenvalue weighted by atomic mass is 10.0. The lowest BCUT2D eigenvalue weighted by Gasteiger charge is -2.32. The maximum absolute atomic E-state index is 5.93. The average Bonchev–Trinajstić information content (AvgIpc) is 2.11. The third-order valence-electron chi connectivity index (χ3n) is 2.18. The van der Waals surface area contributed by atoms with Gasteiger partial charge in [-0.2, -0.15) is 0 Å². The first-order valence-corrected chi connectivity index (χ1v) is 5.07. The molecule has 1 aliphatic rings. The number of hydrogen-bond donors (Lipinski definition) is 3. The van der Waals surface area contributed by atoms with Crippen molar-refractivity contribution in [1.82, 2.24) is 10.6 Å². The van der Waals surface area contributed by atoms with Crippen molar-refractivity contribution in [2.45, 2.75) is 24.1 Å². The molecule has 1 fully saturated rings. The van der Waals surface area contributed by atoms with Gasteiger partial charge in [0.25, 0.3) is 0 Å². The summed E-state index contributed by atoms with van der Waals surface area (Å²) in [6.07, 6.45) is 0.879. The van der Waals surface area contributed by atoms with Crippen LogP contribution >= 0.6 is 11.6 Å². The third kappa shape index (κ3) is 3.79. The molecule has 4 nitrogen and oxygen atoms in total. The fourth-order valence-electron chi connectivity index (χ4n) is 1.36. The maximum Gasteiger partial charge on any atom is 0.0851 e.